The fourth-order valence-electron chi connectivity index (χ4n) is 1.11. The van der Waals surface area contributed by atoms with E-state index in [-0.39, 0.29) is 17.5 Å². The standard InChI is InChI=1S/C9H16O3/c1-9(2,3)12-8(10)7-4-5-11-6-7/h7H,4-6H2,1-3H3/t7-/m1/s1. The molecule has 0 aromatic rings. The van der Waals surface area contributed by atoms with Gasteiger partial charge in [0.05, 0.1) is 12.5 Å². The smallest absolute Gasteiger partial charge is 0.311 e. The summed E-state index contributed by atoms with van der Waals surface area (Å²) in [5.74, 6) is -0.163. The Labute approximate surface area is 73.0 Å². The van der Waals surface area contributed by atoms with Crippen molar-refractivity contribution in [2.24, 2.45) is 5.92 Å². The summed E-state index contributed by atoms with van der Waals surface area (Å²) in [6.07, 6.45) is 0.801. The Kier molecular flexibility index (Phi) is 2.73. The lowest BCUT2D eigenvalue weighted by Crippen LogP contribution is -2.28. The molecule has 0 aromatic heterocycles. The van der Waals surface area contributed by atoms with Gasteiger partial charge < -0.3 is 9.47 Å². The predicted octanol–water partition coefficient (Wildman–Crippen LogP) is 1.36. The third-order valence-corrected chi connectivity index (χ3v) is 1.67. The second kappa shape index (κ2) is 3.44. The highest BCUT2D eigenvalue weighted by Crippen LogP contribution is 2.17. The quantitative estimate of drug-likeness (QED) is 0.560. The average Bonchev–Trinajstić information content (AvgIpc) is 2.32. The number of rotatable bonds is 1. The maximum Gasteiger partial charge on any atom is 0.311 e. The van der Waals surface area contributed by atoms with Crippen molar-refractivity contribution < 1.29 is 14.3 Å². The van der Waals surface area contributed by atoms with E-state index >= 15 is 0 Å². The SMILES string of the molecule is CC(C)(C)OC(=O)[C@@H]1CCOC1. The third-order valence-electron chi connectivity index (χ3n) is 1.67. The Morgan fingerprint density at radius 1 is 1.50 bits per heavy atom. The fourth-order valence-corrected chi connectivity index (χ4v) is 1.11. The lowest BCUT2D eigenvalue weighted by Gasteiger charge is -2.21. The van der Waals surface area contributed by atoms with Crippen LogP contribution in [0.25, 0.3) is 0 Å². The van der Waals surface area contributed by atoms with E-state index in [1.54, 1.807) is 0 Å². The van der Waals surface area contributed by atoms with Crippen molar-refractivity contribution in [3.05, 3.63) is 0 Å². The predicted molar refractivity (Wildman–Crippen MR) is 44.8 cm³/mol. The van der Waals surface area contributed by atoms with Crippen LogP contribution in [0.2, 0.25) is 0 Å². The molecule has 1 heterocycles. The van der Waals surface area contributed by atoms with Gasteiger partial charge in [0, 0.05) is 6.61 Å². The second-order valence-electron chi connectivity index (χ2n) is 4.09. The summed E-state index contributed by atoms with van der Waals surface area (Å²) < 4.78 is 10.3. The van der Waals surface area contributed by atoms with Gasteiger partial charge in [-0.15, -0.1) is 0 Å². The van der Waals surface area contributed by atoms with Crippen LogP contribution in [0.15, 0.2) is 0 Å². The van der Waals surface area contributed by atoms with E-state index in [0.717, 1.165) is 6.42 Å². The van der Waals surface area contributed by atoms with Crippen molar-refractivity contribution in [2.75, 3.05) is 13.2 Å². The first-order valence-electron chi connectivity index (χ1n) is 4.29. The highest BCUT2D eigenvalue weighted by Gasteiger charge is 2.28. The van der Waals surface area contributed by atoms with Crippen molar-refractivity contribution in [3.8, 4) is 0 Å². The molecule has 0 N–H and O–H groups in total. The normalized spacial score (nSPS) is 24.1. The minimum Gasteiger partial charge on any atom is -0.460 e. The Balaban J connectivity index is 2.37. The van der Waals surface area contributed by atoms with Gasteiger partial charge in [0.1, 0.15) is 5.60 Å². The van der Waals surface area contributed by atoms with Gasteiger partial charge in [-0.1, -0.05) is 0 Å². The van der Waals surface area contributed by atoms with E-state index in [4.69, 9.17) is 9.47 Å². The van der Waals surface area contributed by atoms with E-state index < -0.39 is 0 Å². The molecule has 0 aliphatic carbocycles. The molecule has 0 aromatic carbocycles. The first-order valence-corrected chi connectivity index (χ1v) is 4.29. The number of hydrogen-bond donors (Lipinski definition) is 0. The van der Waals surface area contributed by atoms with Gasteiger partial charge in [-0.05, 0) is 27.2 Å². The summed E-state index contributed by atoms with van der Waals surface area (Å²) in [5, 5.41) is 0. The summed E-state index contributed by atoms with van der Waals surface area (Å²) in [7, 11) is 0. The molecule has 1 saturated heterocycles. The van der Waals surface area contributed by atoms with Gasteiger partial charge in [0.2, 0.25) is 0 Å². The summed E-state index contributed by atoms with van der Waals surface area (Å²) in [6.45, 7) is 6.83. The van der Waals surface area contributed by atoms with Gasteiger partial charge in [0.15, 0.2) is 0 Å². The molecule has 0 saturated carbocycles. The Morgan fingerprint density at radius 3 is 2.58 bits per heavy atom. The Morgan fingerprint density at radius 2 is 2.17 bits per heavy atom. The van der Waals surface area contributed by atoms with Crippen molar-refractivity contribution in [1.29, 1.82) is 0 Å². The number of ether oxygens (including phenoxy) is 2. The molecular weight excluding hydrogens is 156 g/mol. The first-order chi connectivity index (χ1) is 5.49. The van der Waals surface area contributed by atoms with Crippen LogP contribution in [0.3, 0.4) is 0 Å². The zero-order valence-electron chi connectivity index (χ0n) is 7.92. The van der Waals surface area contributed by atoms with Crippen LogP contribution in [-0.4, -0.2) is 24.8 Å². The van der Waals surface area contributed by atoms with E-state index in [9.17, 15) is 4.79 Å². The molecule has 0 spiro atoms. The number of hydrogen-bond acceptors (Lipinski definition) is 3. The maximum atomic E-state index is 11.4. The van der Waals surface area contributed by atoms with E-state index in [1.807, 2.05) is 20.8 Å². The first kappa shape index (κ1) is 9.52. The molecule has 3 heteroatoms. The van der Waals surface area contributed by atoms with Gasteiger partial charge >= 0.3 is 5.97 Å². The third kappa shape index (κ3) is 2.81. The van der Waals surface area contributed by atoms with Crippen LogP contribution < -0.4 is 0 Å². The minimum absolute atomic E-state index is 0.0378. The highest BCUT2D eigenvalue weighted by atomic mass is 16.6. The molecule has 0 radical (unpaired) electrons. The van der Waals surface area contributed by atoms with Gasteiger partial charge in [0.25, 0.3) is 0 Å². The molecule has 0 amide bonds. The second-order valence-corrected chi connectivity index (χ2v) is 4.09. The summed E-state index contributed by atoms with van der Waals surface area (Å²) in [4.78, 5) is 11.4. The zero-order chi connectivity index (χ0) is 9.19. The van der Waals surface area contributed by atoms with Gasteiger partial charge in [-0.25, -0.2) is 0 Å². The molecule has 1 atom stereocenters. The molecule has 1 fully saturated rings. The van der Waals surface area contributed by atoms with Crippen LogP contribution in [0.5, 0.6) is 0 Å². The van der Waals surface area contributed by atoms with Crippen LogP contribution in [0.1, 0.15) is 27.2 Å². The Hall–Kier alpha value is -0.570. The van der Waals surface area contributed by atoms with Gasteiger partial charge in [-0.3, -0.25) is 4.79 Å². The van der Waals surface area contributed by atoms with Crippen LogP contribution in [0.4, 0.5) is 0 Å². The number of carbonyl (C=O) groups is 1. The molecule has 1 rings (SSSR count). The lowest BCUT2D eigenvalue weighted by atomic mass is 10.1. The summed E-state index contributed by atoms with van der Waals surface area (Å²) in [5.41, 5.74) is -0.375. The summed E-state index contributed by atoms with van der Waals surface area (Å²) in [6, 6.07) is 0. The fraction of sp³-hybridized carbons (Fsp3) is 0.889. The monoisotopic (exact) mass is 172 g/mol. The van der Waals surface area contributed by atoms with Gasteiger partial charge in [-0.2, -0.15) is 0 Å². The van der Waals surface area contributed by atoms with E-state index in [2.05, 4.69) is 0 Å². The minimum atomic E-state index is -0.375. The number of carbonyl (C=O) groups excluding carboxylic acids is 1. The van der Waals surface area contributed by atoms with Crippen LogP contribution >= 0.6 is 0 Å². The topological polar surface area (TPSA) is 35.5 Å². The maximum absolute atomic E-state index is 11.4. The molecule has 3 nitrogen and oxygen atoms in total. The van der Waals surface area contributed by atoms with Crippen molar-refractivity contribution in [3.63, 3.8) is 0 Å². The number of esters is 1. The highest BCUT2D eigenvalue weighted by molar-refractivity contribution is 5.73. The van der Waals surface area contributed by atoms with Crippen molar-refractivity contribution >= 4 is 5.97 Å². The molecule has 1 aliphatic rings. The molecule has 0 unspecified atom stereocenters. The average molecular weight is 172 g/mol. The largest absolute Gasteiger partial charge is 0.460 e. The molecular formula is C9H16O3. The molecule has 0 bridgehead atoms. The summed E-state index contributed by atoms with van der Waals surface area (Å²) >= 11 is 0. The van der Waals surface area contributed by atoms with E-state index in [1.165, 1.54) is 0 Å². The van der Waals surface area contributed by atoms with Crippen molar-refractivity contribution in [1.82, 2.24) is 0 Å². The van der Waals surface area contributed by atoms with Crippen molar-refractivity contribution in [2.45, 2.75) is 32.8 Å². The lowest BCUT2D eigenvalue weighted by molar-refractivity contribution is -0.159. The Bertz CT molecular complexity index is 163. The molecule has 1 aliphatic heterocycles. The zero-order valence-corrected chi connectivity index (χ0v) is 7.92. The van der Waals surface area contributed by atoms with Crippen LogP contribution in [0, 0.1) is 5.92 Å². The molecule has 12 heavy (non-hydrogen) atoms. The van der Waals surface area contributed by atoms with E-state index in [0.29, 0.717) is 13.2 Å². The molecule has 70 valence electrons. The van der Waals surface area contributed by atoms with Crippen LogP contribution in [-0.2, 0) is 14.3 Å².